The first-order valence-electron chi connectivity index (χ1n) is 24.0. The number of hydrogen-bond acceptors (Lipinski definition) is 1. The van der Waals surface area contributed by atoms with E-state index in [1.807, 2.05) is 0 Å². The number of benzene rings is 8. The molecule has 1 heteroatoms. The molecule has 1 nitrogen and oxygen atoms in total. The van der Waals surface area contributed by atoms with Gasteiger partial charge >= 0.3 is 0 Å². The van der Waals surface area contributed by atoms with Crippen molar-refractivity contribution in [2.75, 3.05) is 4.90 Å². The van der Waals surface area contributed by atoms with Gasteiger partial charge in [-0.1, -0.05) is 184 Å². The first kappa shape index (κ1) is 36.8. The van der Waals surface area contributed by atoms with E-state index in [1.165, 1.54) is 123 Å². The fraction of sp³-hybridized carbons (Fsp3) is 0.138. The molecule has 2 spiro atoms. The fourth-order valence-electron chi connectivity index (χ4n) is 14.4. The average molecular weight is 842 g/mol. The van der Waals surface area contributed by atoms with Crippen molar-refractivity contribution >= 4 is 22.6 Å². The molecule has 3 atom stereocenters. The molecule has 0 saturated carbocycles. The summed E-state index contributed by atoms with van der Waals surface area (Å²) in [5.41, 5.74) is 29.1. The lowest BCUT2D eigenvalue weighted by atomic mass is 9.68. The standard InChI is InChI=1S/C65H47N/c1-63(2)53-24-10-3-17-43(53)50-34-31-40(37-60(50)63)66(41-32-35-51-48-22-8-15-29-58(48)64(61(51)38-41)54-25-11-4-18-44(54)45-19-5-12-26-55(45)64)42-33-36-52-49-23-9-16-30-59(49)65(62(52)39-42)56-27-13-6-20-46(56)47-21-7-14-28-57(47)65/h3-6,8-18,20,22-39,45H,7,19,21H2,1-2H3. The summed E-state index contributed by atoms with van der Waals surface area (Å²) in [6.45, 7) is 4.80. The third-order valence-electron chi connectivity index (χ3n) is 17.0. The zero-order valence-corrected chi connectivity index (χ0v) is 37.3. The maximum Gasteiger partial charge on any atom is 0.0722 e. The summed E-state index contributed by atoms with van der Waals surface area (Å²) in [6, 6.07) is 68.2. The summed E-state index contributed by atoms with van der Waals surface area (Å²) < 4.78 is 0. The summed E-state index contributed by atoms with van der Waals surface area (Å²) in [6.07, 6.45) is 15.2. The first-order valence-corrected chi connectivity index (χ1v) is 24.0. The molecule has 66 heavy (non-hydrogen) atoms. The fourth-order valence-corrected chi connectivity index (χ4v) is 14.4. The zero-order chi connectivity index (χ0) is 43.5. The lowest BCUT2D eigenvalue weighted by Gasteiger charge is -2.35. The van der Waals surface area contributed by atoms with E-state index in [4.69, 9.17) is 0 Å². The smallest absolute Gasteiger partial charge is 0.0722 e. The van der Waals surface area contributed by atoms with Gasteiger partial charge in [0.05, 0.1) is 10.8 Å². The highest BCUT2D eigenvalue weighted by Crippen LogP contribution is 2.67. The van der Waals surface area contributed by atoms with E-state index < -0.39 is 5.41 Å². The van der Waals surface area contributed by atoms with Gasteiger partial charge in [-0.2, -0.15) is 0 Å². The third kappa shape index (κ3) is 4.33. The summed E-state index contributed by atoms with van der Waals surface area (Å²) in [5, 5.41) is 0. The highest BCUT2D eigenvalue weighted by molar-refractivity contribution is 5.98. The maximum atomic E-state index is 2.59. The molecule has 8 aromatic rings. The predicted molar refractivity (Wildman–Crippen MR) is 272 cm³/mol. The van der Waals surface area contributed by atoms with Gasteiger partial charge in [0, 0.05) is 28.4 Å². The predicted octanol–water partition coefficient (Wildman–Crippen LogP) is 16.2. The quantitative estimate of drug-likeness (QED) is 0.171. The van der Waals surface area contributed by atoms with Gasteiger partial charge in [0.15, 0.2) is 0 Å². The third-order valence-corrected chi connectivity index (χ3v) is 17.0. The van der Waals surface area contributed by atoms with Crippen LogP contribution in [0.2, 0.25) is 0 Å². The van der Waals surface area contributed by atoms with Crippen LogP contribution in [0, 0.1) is 0 Å². The summed E-state index contributed by atoms with van der Waals surface area (Å²) in [5.74, 6) is 0.349. The SMILES string of the molecule is CC1(C)c2ccccc2-c2ccc(N(c3ccc4c(c3)C3(C5=C(CCC=C5)c5ccccc53)c3ccccc3-4)c3ccc4c(c3)C3(C5=CC=CCC5c5ccccc53)c3ccccc3-4)cc21. The normalized spacial score (nSPS) is 21.9. The van der Waals surface area contributed by atoms with E-state index in [-0.39, 0.29) is 10.8 Å². The van der Waals surface area contributed by atoms with E-state index in [2.05, 4.69) is 225 Å². The molecule has 8 aromatic carbocycles. The number of fused-ring (bicyclic) bond motifs is 22. The molecule has 0 saturated heterocycles. The van der Waals surface area contributed by atoms with Crippen LogP contribution in [0.4, 0.5) is 17.1 Å². The molecule has 15 rings (SSSR count). The molecule has 0 heterocycles. The van der Waals surface area contributed by atoms with Gasteiger partial charge in [-0.3, -0.25) is 0 Å². The molecule has 0 amide bonds. The van der Waals surface area contributed by atoms with E-state index in [0.29, 0.717) is 5.92 Å². The highest BCUT2D eigenvalue weighted by Gasteiger charge is 2.56. The minimum atomic E-state index is -0.398. The molecule has 0 aromatic heterocycles. The molecule has 7 aliphatic rings. The van der Waals surface area contributed by atoms with Crippen molar-refractivity contribution in [3.8, 4) is 33.4 Å². The minimum absolute atomic E-state index is 0.145. The summed E-state index contributed by atoms with van der Waals surface area (Å²) in [7, 11) is 0. The van der Waals surface area contributed by atoms with Crippen LogP contribution in [-0.4, -0.2) is 0 Å². The van der Waals surface area contributed by atoms with Gasteiger partial charge < -0.3 is 4.90 Å². The van der Waals surface area contributed by atoms with Crippen LogP contribution >= 0.6 is 0 Å². The Labute approximate surface area is 387 Å². The molecule has 0 bridgehead atoms. The molecule has 7 aliphatic carbocycles. The van der Waals surface area contributed by atoms with Gasteiger partial charge in [0.25, 0.3) is 0 Å². The Morgan fingerprint density at radius 3 is 1.59 bits per heavy atom. The van der Waals surface area contributed by atoms with Crippen molar-refractivity contribution in [1.82, 2.24) is 0 Å². The van der Waals surface area contributed by atoms with Gasteiger partial charge in [0.2, 0.25) is 0 Å². The van der Waals surface area contributed by atoms with Crippen molar-refractivity contribution in [2.24, 2.45) is 0 Å². The van der Waals surface area contributed by atoms with Crippen molar-refractivity contribution < 1.29 is 0 Å². The molecular weight excluding hydrogens is 795 g/mol. The topological polar surface area (TPSA) is 3.24 Å². The Balaban J connectivity index is 1.01. The van der Waals surface area contributed by atoms with Crippen LogP contribution < -0.4 is 4.90 Å². The maximum absolute atomic E-state index is 2.59. The molecule has 3 unspecified atom stereocenters. The Morgan fingerprint density at radius 1 is 0.439 bits per heavy atom. The molecule has 0 N–H and O–H groups in total. The van der Waals surface area contributed by atoms with E-state index in [1.54, 1.807) is 0 Å². The average Bonchev–Trinajstić information content (AvgIpc) is 4.10. The van der Waals surface area contributed by atoms with Crippen molar-refractivity contribution in [3.05, 3.63) is 273 Å². The molecule has 0 aliphatic heterocycles. The summed E-state index contributed by atoms with van der Waals surface area (Å²) in [4.78, 5) is 2.59. The molecule has 0 radical (unpaired) electrons. The van der Waals surface area contributed by atoms with Gasteiger partial charge in [0.1, 0.15) is 0 Å². The molecule has 312 valence electrons. The Bertz CT molecular complexity index is 3620. The minimum Gasteiger partial charge on any atom is -0.310 e. The van der Waals surface area contributed by atoms with E-state index in [0.717, 1.165) is 19.3 Å². The van der Waals surface area contributed by atoms with E-state index in [9.17, 15) is 0 Å². The van der Waals surface area contributed by atoms with Crippen LogP contribution in [0.25, 0.3) is 39.0 Å². The Morgan fingerprint density at radius 2 is 0.924 bits per heavy atom. The van der Waals surface area contributed by atoms with Gasteiger partial charge in [-0.05, 0) is 161 Å². The molecule has 0 fully saturated rings. The van der Waals surface area contributed by atoms with E-state index >= 15 is 0 Å². The number of nitrogens with zero attached hydrogens (tertiary/aromatic N) is 1. The second-order valence-corrected chi connectivity index (χ2v) is 20.1. The second kappa shape index (κ2) is 12.9. The largest absolute Gasteiger partial charge is 0.310 e. The number of hydrogen-bond donors (Lipinski definition) is 0. The van der Waals surface area contributed by atoms with Crippen LogP contribution in [0.15, 0.2) is 217 Å². The van der Waals surface area contributed by atoms with Gasteiger partial charge in [-0.15, -0.1) is 0 Å². The lowest BCUT2D eigenvalue weighted by molar-refractivity contribution is 0.660. The Hall–Kier alpha value is -7.48. The van der Waals surface area contributed by atoms with Crippen molar-refractivity contribution in [1.29, 1.82) is 0 Å². The number of anilines is 3. The van der Waals surface area contributed by atoms with Crippen molar-refractivity contribution in [3.63, 3.8) is 0 Å². The molecular formula is C65H47N. The number of rotatable bonds is 3. The lowest BCUT2D eigenvalue weighted by Crippen LogP contribution is -2.28. The number of allylic oxidation sites excluding steroid dienone is 8. The van der Waals surface area contributed by atoms with Crippen LogP contribution in [0.3, 0.4) is 0 Å². The summed E-state index contributed by atoms with van der Waals surface area (Å²) >= 11 is 0. The highest BCUT2D eigenvalue weighted by atomic mass is 15.1. The first-order chi connectivity index (χ1) is 32.5. The second-order valence-electron chi connectivity index (χ2n) is 20.1. The van der Waals surface area contributed by atoms with Crippen LogP contribution in [0.1, 0.15) is 94.7 Å². The Kier molecular flexibility index (Phi) is 7.18. The van der Waals surface area contributed by atoms with Crippen LogP contribution in [0.5, 0.6) is 0 Å². The van der Waals surface area contributed by atoms with Gasteiger partial charge in [-0.25, -0.2) is 0 Å². The monoisotopic (exact) mass is 841 g/mol. The zero-order valence-electron chi connectivity index (χ0n) is 37.3. The van der Waals surface area contributed by atoms with Crippen LogP contribution in [-0.2, 0) is 16.2 Å². The van der Waals surface area contributed by atoms with Crippen molar-refractivity contribution in [2.45, 2.75) is 55.3 Å².